The fraction of sp³-hybridized carbons (Fsp3) is 0.455. The molecule has 0 aliphatic carbocycles. The molecule has 2 N–H and O–H groups in total. The predicted octanol–water partition coefficient (Wildman–Crippen LogP) is 2.45. The molecule has 0 fully saturated rings. The maximum Gasteiger partial charge on any atom is 0.311 e. The second kappa shape index (κ2) is 6.49. The maximum atomic E-state index is 12.8. The van der Waals surface area contributed by atoms with E-state index in [0.717, 1.165) is 0 Å². The monoisotopic (exact) mass is 278 g/mol. The minimum atomic E-state index is -2.75. The molecule has 0 spiro atoms. The van der Waals surface area contributed by atoms with Gasteiger partial charge in [-0.25, -0.2) is 13.8 Å². The van der Waals surface area contributed by atoms with Crippen molar-refractivity contribution < 1.29 is 18.3 Å². The number of ether oxygens (including phenoxy) is 1. The van der Waals surface area contributed by atoms with Gasteiger partial charge in [0.15, 0.2) is 0 Å². The molecular weight excluding hydrogens is 266 g/mol. The maximum absolute atomic E-state index is 12.8. The van der Waals surface area contributed by atoms with Crippen LogP contribution in [0.3, 0.4) is 0 Å². The van der Waals surface area contributed by atoms with E-state index in [4.69, 9.17) is 17.3 Å². The minimum absolute atomic E-state index is 0.0156. The van der Waals surface area contributed by atoms with Gasteiger partial charge in [-0.3, -0.25) is 4.79 Å². The highest BCUT2D eigenvalue weighted by molar-refractivity contribution is 6.17. The van der Waals surface area contributed by atoms with Crippen LogP contribution in [0, 0.1) is 0 Å². The number of nitrogens with two attached hydrogens (primary N) is 1. The molecule has 0 amide bonds. The number of carbonyl (C=O) groups excluding carboxylic acids is 1. The van der Waals surface area contributed by atoms with Gasteiger partial charge < -0.3 is 10.5 Å². The van der Waals surface area contributed by atoms with Gasteiger partial charge in [-0.05, 0) is 13.0 Å². The van der Waals surface area contributed by atoms with Crippen molar-refractivity contribution in [3.63, 3.8) is 0 Å². The molecule has 18 heavy (non-hydrogen) atoms. The molecular formula is C11H13ClF2N2O2. The molecule has 0 aliphatic rings. The first-order valence-corrected chi connectivity index (χ1v) is 5.80. The van der Waals surface area contributed by atoms with Gasteiger partial charge in [-0.2, -0.15) is 0 Å². The quantitative estimate of drug-likeness (QED) is 0.664. The molecule has 0 bridgehead atoms. The van der Waals surface area contributed by atoms with Crippen LogP contribution >= 0.6 is 11.6 Å². The number of nitrogen functional groups attached to an aromatic ring is 1. The van der Waals surface area contributed by atoms with Crippen LogP contribution in [0.25, 0.3) is 0 Å². The number of hydrogen-bond donors (Lipinski definition) is 1. The third-order valence-corrected chi connectivity index (χ3v) is 2.53. The molecule has 0 unspecified atom stereocenters. The van der Waals surface area contributed by atoms with Crippen molar-refractivity contribution >= 4 is 23.4 Å². The average Bonchev–Trinajstić information content (AvgIpc) is 2.29. The highest BCUT2D eigenvalue weighted by Crippen LogP contribution is 2.26. The Labute approximate surface area is 108 Å². The third kappa shape index (κ3) is 3.53. The second-order valence-corrected chi connectivity index (χ2v) is 3.75. The molecule has 4 nitrogen and oxygen atoms in total. The van der Waals surface area contributed by atoms with Crippen molar-refractivity contribution in [2.24, 2.45) is 0 Å². The van der Waals surface area contributed by atoms with E-state index in [1.54, 1.807) is 6.92 Å². The Morgan fingerprint density at radius 2 is 2.28 bits per heavy atom. The van der Waals surface area contributed by atoms with Gasteiger partial charge in [-0.15, -0.1) is 11.6 Å². The van der Waals surface area contributed by atoms with E-state index in [1.165, 1.54) is 6.07 Å². The Morgan fingerprint density at radius 1 is 1.61 bits per heavy atom. The molecule has 1 aromatic rings. The molecule has 1 rings (SSSR count). The number of anilines is 1. The lowest BCUT2D eigenvalue weighted by molar-refractivity contribution is -0.142. The molecule has 1 heterocycles. The van der Waals surface area contributed by atoms with Crippen LogP contribution in [0.1, 0.15) is 30.2 Å². The summed E-state index contributed by atoms with van der Waals surface area (Å²) >= 11 is 5.56. The number of pyridine rings is 1. The van der Waals surface area contributed by atoms with Crippen molar-refractivity contribution in [2.75, 3.05) is 12.3 Å². The largest absolute Gasteiger partial charge is 0.466 e. The van der Waals surface area contributed by atoms with Gasteiger partial charge in [0, 0.05) is 11.1 Å². The lowest BCUT2D eigenvalue weighted by Crippen LogP contribution is -2.13. The van der Waals surface area contributed by atoms with Gasteiger partial charge in [0.1, 0.15) is 5.82 Å². The van der Waals surface area contributed by atoms with Gasteiger partial charge in [0.05, 0.1) is 24.6 Å². The Morgan fingerprint density at radius 3 is 2.78 bits per heavy atom. The number of hydrogen-bond acceptors (Lipinski definition) is 4. The van der Waals surface area contributed by atoms with Crippen LogP contribution in [0.5, 0.6) is 0 Å². The van der Waals surface area contributed by atoms with Crippen LogP contribution < -0.4 is 5.73 Å². The summed E-state index contributed by atoms with van der Waals surface area (Å²) in [7, 11) is 0. The number of nitrogens with zero attached hydrogens (tertiary/aromatic N) is 1. The van der Waals surface area contributed by atoms with E-state index in [-0.39, 0.29) is 36.0 Å². The molecule has 0 aromatic carbocycles. The molecule has 1 aromatic heterocycles. The highest BCUT2D eigenvalue weighted by atomic mass is 35.5. The summed E-state index contributed by atoms with van der Waals surface area (Å²) in [5, 5.41) is 0. The van der Waals surface area contributed by atoms with Gasteiger partial charge in [0.2, 0.25) is 0 Å². The molecule has 0 saturated carbocycles. The SMILES string of the molecule is CCOC(=O)Cc1nc(N)c(CCl)cc1C(F)F. The number of aromatic nitrogens is 1. The van der Waals surface area contributed by atoms with E-state index in [9.17, 15) is 13.6 Å². The number of carbonyl (C=O) groups is 1. The summed E-state index contributed by atoms with van der Waals surface area (Å²) in [6.07, 6.45) is -3.08. The van der Waals surface area contributed by atoms with E-state index < -0.39 is 12.4 Å². The third-order valence-electron chi connectivity index (χ3n) is 2.24. The fourth-order valence-corrected chi connectivity index (χ4v) is 1.63. The average molecular weight is 279 g/mol. The summed E-state index contributed by atoms with van der Waals surface area (Å²) in [5.41, 5.74) is 5.46. The highest BCUT2D eigenvalue weighted by Gasteiger charge is 2.19. The summed E-state index contributed by atoms with van der Waals surface area (Å²) < 4.78 is 30.4. The first kappa shape index (κ1) is 14.6. The second-order valence-electron chi connectivity index (χ2n) is 3.48. The van der Waals surface area contributed by atoms with Crippen LogP contribution in [-0.4, -0.2) is 17.6 Å². The van der Waals surface area contributed by atoms with Crippen LogP contribution in [-0.2, 0) is 21.8 Å². The van der Waals surface area contributed by atoms with E-state index >= 15 is 0 Å². The van der Waals surface area contributed by atoms with Crippen molar-refractivity contribution in [2.45, 2.75) is 25.7 Å². The molecule has 0 atom stereocenters. The summed E-state index contributed by atoms with van der Waals surface area (Å²) in [6.45, 7) is 1.81. The van der Waals surface area contributed by atoms with Crippen LogP contribution in [0.4, 0.5) is 14.6 Å². The minimum Gasteiger partial charge on any atom is -0.466 e. The van der Waals surface area contributed by atoms with Crippen molar-refractivity contribution in [1.82, 2.24) is 4.98 Å². The van der Waals surface area contributed by atoms with E-state index in [2.05, 4.69) is 9.72 Å². The van der Waals surface area contributed by atoms with Crippen molar-refractivity contribution in [3.05, 3.63) is 22.9 Å². The molecule has 100 valence electrons. The Hall–Kier alpha value is -1.43. The van der Waals surface area contributed by atoms with Crippen molar-refractivity contribution in [1.29, 1.82) is 0 Å². The number of esters is 1. The van der Waals surface area contributed by atoms with E-state index in [1.807, 2.05) is 0 Å². The lowest BCUT2D eigenvalue weighted by Gasteiger charge is -2.11. The standard InChI is InChI=1S/C11H13ClF2N2O2/c1-2-18-9(17)4-8-7(10(13)14)3-6(5-12)11(15)16-8/h3,10H,2,4-5H2,1H3,(H2,15,16). The first-order chi connectivity index (χ1) is 8.49. The fourth-order valence-electron chi connectivity index (χ4n) is 1.41. The zero-order valence-electron chi connectivity index (χ0n) is 9.75. The zero-order valence-corrected chi connectivity index (χ0v) is 10.5. The molecule has 7 heteroatoms. The zero-order chi connectivity index (χ0) is 13.7. The summed E-state index contributed by atoms with van der Waals surface area (Å²) in [6, 6.07) is 1.18. The molecule has 0 radical (unpaired) electrons. The topological polar surface area (TPSA) is 65.2 Å². The van der Waals surface area contributed by atoms with Gasteiger partial charge in [-0.1, -0.05) is 0 Å². The number of alkyl halides is 3. The van der Waals surface area contributed by atoms with Crippen LogP contribution in [0.15, 0.2) is 6.07 Å². The molecule has 0 saturated heterocycles. The Balaban J connectivity index is 3.09. The summed E-state index contributed by atoms with van der Waals surface area (Å²) in [4.78, 5) is 15.1. The summed E-state index contributed by atoms with van der Waals surface area (Å²) in [5.74, 6) is -0.586. The normalized spacial score (nSPS) is 10.7. The van der Waals surface area contributed by atoms with Crippen molar-refractivity contribution in [3.8, 4) is 0 Å². The lowest BCUT2D eigenvalue weighted by atomic mass is 10.1. The van der Waals surface area contributed by atoms with Gasteiger partial charge >= 0.3 is 5.97 Å². The van der Waals surface area contributed by atoms with E-state index in [0.29, 0.717) is 5.56 Å². The predicted molar refractivity (Wildman–Crippen MR) is 63.5 cm³/mol. The number of rotatable bonds is 5. The Kier molecular flexibility index (Phi) is 5.27. The van der Waals surface area contributed by atoms with Gasteiger partial charge in [0.25, 0.3) is 6.43 Å². The first-order valence-electron chi connectivity index (χ1n) is 5.27. The molecule has 0 aliphatic heterocycles. The number of halogens is 3. The Bertz CT molecular complexity index is 441. The smallest absolute Gasteiger partial charge is 0.311 e. The van der Waals surface area contributed by atoms with Crippen LogP contribution in [0.2, 0.25) is 0 Å².